The van der Waals surface area contributed by atoms with E-state index in [2.05, 4.69) is 44.6 Å². The maximum atomic E-state index is 5.68. The normalized spacial score (nSPS) is 28.1. The number of nitrogens with zero attached hydrogens (tertiary/aromatic N) is 1. The minimum absolute atomic E-state index is 0.0413. The van der Waals surface area contributed by atoms with Crippen molar-refractivity contribution in [2.24, 2.45) is 10.4 Å². The smallest absolute Gasteiger partial charge is 0.191 e. The summed E-state index contributed by atoms with van der Waals surface area (Å²) in [5.74, 6) is 2.17. The number of unbranched alkanes of at least 4 members (excludes halogenated alkanes) is 1. The molecule has 21 heavy (non-hydrogen) atoms. The Bertz CT molecular complexity index is 346. The van der Waals surface area contributed by atoms with Gasteiger partial charge < -0.3 is 15.4 Å². The Morgan fingerprint density at radius 2 is 2.05 bits per heavy atom. The van der Waals surface area contributed by atoms with Gasteiger partial charge in [0.15, 0.2) is 5.96 Å². The standard InChI is InChI=1S/C16H33N3OS/c1-7-17-14(18-10-8-9-11-21-6)19-13-12-16(4,20-5)15(13,2)3/h13H,7-12H2,1-6H3,(H2,17,18,19). The predicted octanol–water partition coefficient (Wildman–Crippen LogP) is 2.89. The number of aliphatic imine (C=N–C) groups is 1. The van der Waals surface area contributed by atoms with E-state index in [1.165, 1.54) is 12.2 Å². The second-order valence-corrected chi connectivity index (χ2v) is 7.50. The highest BCUT2D eigenvalue weighted by molar-refractivity contribution is 7.98. The van der Waals surface area contributed by atoms with Crippen LogP contribution in [0.4, 0.5) is 0 Å². The number of thioether (sulfide) groups is 1. The third-order valence-corrected chi connectivity index (χ3v) is 5.66. The molecular formula is C16H33N3OS. The van der Waals surface area contributed by atoms with Gasteiger partial charge in [-0.15, -0.1) is 0 Å². The van der Waals surface area contributed by atoms with Gasteiger partial charge in [-0.2, -0.15) is 11.8 Å². The molecule has 1 fully saturated rings. The Labute approximate surface area is 134 Å². The van der Waals surface area contributed by atoms with Crippen molar-refractivity contribution in [3.05, 3.63) is 0 Å². The topological polar surface area (TPSA) is 45.7 Å². The number of rotatable bonds is 8. The molecule has 0 saturated heterocycles. The lowest BCUT2D eigenvalue weighted by atomic mass is 9.56. The fraction of sp³-hybridized carbons (Fsp3) is 0.938. The Morgan fingerprint density at radius 3 is 2.57 bits per heavy atom. The quantitative estimate of drug-likeness (QED) is 0.411. The van der Waals surface area contributed by atoms with E-state index in [1.807, 2.05) is 18.9 Å². The van der Waals surface area contributed by atoms with Crippen molar-refractivity contribution in [3.63, 3.8) is 0 Å². The largest absolute Gasteiger partial charge is 0.378 e. The second kappa shape index (κ2) is 8.28. The third-order valence-electron chi connectivity index (χ3n) is 4.96. The monoisotopic (exact) mass is 315 g/mol. The van der Waals surface area contributed by atoms with E-state index in [-0.39, 0.29) is 11.0 Å². The molecular weight excluding hydrogens is 282 g/mol. The summed E-state index contributed by atoms with van der Waals surface area (Å²) < 4.78 is 5.68. The predicted molar refractivity (Wildman–Crippen MR) is 94.3 cm³/mol. The second-order valence-electron chi connectivity index (χ2n) is 6.52. The van der Waals surface area contributed by atoms with E-state index in [1.54, 1.807) is 0 Å². The maximum absolute atomic E-state index is 5.68. The van der Waals surface area contributed by atoms with Crippen LogP contribution in [0.1, 0.15) is 47.0 Å². The van der Waals surface area contributed by atoms with Crippen LogP contribution in [0.15, 0.2) is 4.99 Å². The lowest BCUT2D eigenvalue weighted by molar-refractivity contribution is -0.176. The minimum atomic E-state index is -0.0413. The van der Waals surface area contributed by atoms with Crippen LogP contribution in [-0.2, 0) is 4.74 Å². The molecule has 0 aliphatic heterocycles. The van der Waals surface area contributed by atoms with Crippen LogP contribution < -0.4 is 10.6 Å². The molecule has 2 N–H and O–H groups in total. The molecule has 1 aliphatic carbocycles. The van der Waals surface area contributed by atoms with Crippen molar-refractivity contribution >= 4 is 17.7 Å². The first-order valence-electron chi connectivity index (χ1n) is 8.00. The number of hydrogen-bond acceptors (Lipinski definition) is 3. The highest BCUT2D eigenvalue weighted by Crippen LogP contribution is 2.51. The third kappa shape index (κ3) is 4.52. The average molecular weight is 316 g/mol. The van der Waals surface area contributed by atoms with Gasteiger partial charge in [0.25, 0.3) is 0 Å². The van der Waals surface area contributed by atoms with Gasteiger partial charge in [-0.05, 0) is 45.1 Å². The van der Waals surface area contributed by atoms with Crippen molar-refractivity contribution in [1.82, 2.24) is 10.6 Å². The Kier molecular flexibility index (Phi) is 7.34. The molecule has 0 aromatic heterocycles. The van der Waals surface area contributed by atoms with Crippen molar-refractivity contribution < 1.29 is 4.74 Å². The summed E-state index contributed by atoms with van der Waals surface area (Å²) in [7, 11) is 1.81. The summed E-state index contributed by atoms with van der Waals surface area (Å²) in [5.41, 5.74) is 0.0666. The zero-order valence-electron chi connectivity index (χ0n) is 14.6. The summed E-state index contributed by atoms with van der Waals surface area (Å²) in [6.07, 6.45) is 5.57. The summed E-state index contributed by atoms with van der Waals surface area (Å²) in [4.78, 5) is 4.69. The molecule has 0 spiro atoms. The molecule has 0 heterocycles. The van der Waals surface area contributed by atoms with Crippen LogP contribution in [-0.4, -0.2) is 49.8 Å². The molecule has 2 unspecified atom stereocenters. The van der Waals surface area contributed by atoms with Crippen LogP contribution >= 0.6 is 11.8 Å². The van der Waals surface area contributed by atoms with Crippen molar-refractivity contribution in [2.45, 2.75) is 58.6 Å². The molecule has 0 amide bonds. The van der Waals surface area contributed by atoms with Gasteiger partial charge in [0, 0.05) is 31.7 Å². The Hall–Kier alpha value is -0.420. The number of guanidine groups is 1. The molecule has 0 radical (unpaired) electrons. The van der Waals surface area contributed by atoms with Gasteiger partial charge in [-0.25, -0.2) is 0 Å². The first kappa shape index (κ1) is 18.6. The van der Waals surface area contributed by atoms with Gasteiger partial charge in [0.05, 0.1) is 5.60 Å². The number of nitrogens with one attached hydrogen (secondary N) is 2. The maximum Gasteiger partial charge on any atom is 0.191 e. The number of hydrogen-bond donors (Lipinski definition) is 2. The number of ether oxygens (including phenoxy) is 1. The van der Waals surface area contributed by atoms with Crippen molar-refractivity contribution in [3.8, 4) is 0 Å². The highest BCUT2D eigenvalue weighted by atomic mass is 32.2. The molecule has 124 valence electrons. The zero-order chi connectivity index (χ0) is 15.9. The first-order chi connectivity index (χ1) is 9.91. The van der Waals surface area contributed by atoms with E-state index < -0.39 is 0 Å². The fourth-order valence-corrected chi connectivity index (χ4v) is 3.25. The van der Waals surface area contributed by atoms with Gasteiger partial charge in [-0.1, -0.05) is 13.8 Å². The van der Waals surface area contributed by atoms with Gasteiger partial charge >= 0.3 is 0 Å². The number of methoxy groups -OCH3 is 1. The molecule has 0 aromatic rings. The van der Waals surface area contributed by atoms with Crippen LogP contribution in [0.5, 0.6) is 0 Å². The summed E-state index contributed by atoms with van der Waals surface area (Å²) in [6.45, 7) is 10.6. The van der Waals surface area contributed by atoms with E-state index in [9.17, 15) is 0 Å². The Balaban J connectivity index is 2.50. The van der Waals surface area contributed by atoms with E-state index in [0.717, 1.165) is 31.9 Å². The summed E-state index contributed by atoms with van der Waals surface area (Å²) in [5, 5.41) is 6.93. The van der Waals surface area contributed by atoms with E-state index >= 15 is 0 Å². The first-order valence-corrected chi connectivity index (χ1v) is 9.39. The molecule has 1 aliphatic rings. The Morgan fingerprint density at radius 1 is 1.33 bits per heavy atom. The fourth-order valence-electron chi connectivity index (χ4n) is 2.76. The van der Waals surface area contributed by atoms with Gasteiger partial charge in [0.1, 0.15) is 0 Å². The van der Waals surface area contributed by atoms with Crippen LogP contribution in [0.3, 0.4) is 0 Å². The van der Waals surface area contributed by atoms with E-state index in [4.69, 9.17) is 9.73 Å². The average Bonchev–Trinajstić information content (AvgIpc) is 2.46. The summed E-state index contributed by atoms with van der Waals surface area (Å²) in [6, 6.07) is 0.409. The van der Waals surface area contributed by atoms with Crippen LogP contribution in [0.25, 0.3) is 0 Å². The highest BCUT2D eigenvalue weighted by Gasteiger charge is 2.58. The molecule has 4 nitrogen and oxygen atoms in total. The zero-order valence-corrected chi connectivity index (χ0v) is 15.4. The molecule has 0 bridgehead atoms. The molecule has 1 rings (SSSR count). The minimum Gasteiger partial charge on any atom is -0.378 e. The van der Waals surface area contributed by atoms with Gasteiger partial charge in [0.2, 0.25) is 0 Å². The van der Waals surface area contributed by atoms with E-state index in [0.29, 0.717) is 6.04 Å². The SMILES string of the molecule is CCNC(=NCCCCSC)NC1CC(C)(OC)C1(C)C. The molecule has 5 heteroatoms. The van der Waals surface area contributed by atoms with Crippen LogP contribution in [0.2, 0.25) is 0 Å². The molecule has 2 atom stereocenters. The van der Waals surface area contributed by atoms with Crippen molar-refractivity contribution in [1.29, 1.82) is 0 Å². The lowest BCUT2D eigenvalue weighted by Crippen LogP contribution is -2.69. The van der Waals surface area contributed by atoms with Crippen molar-refractivity contribution in [2.75, 3.05) is 32.2 Å². The lowest BCUT2D eigenvalue weighted by Gasteiger charge is -2.59. The molecule has 0 aromatic carbocycles. The summed E-state index contributed by atoms with van der Waals surface area (Å²) >= 11 is 1.90. The molecule has 1 saturated carbocycles. The van der Waals surface area contributed by atoms with Crippen LogP contribution in [0, 0.1) is 5.41 Å². The van der Waals surface area contributed by atoms with Gasteiger partial charge in [-0.3, -0.25) is 4.99 Å².